The molecule has 0 aliphatic carbocycles. The molecule has 10 nitrogen and oxygen atoms in total. The number of hydrogen-bond acceptors (Lipinski definition) is 6. The molecule has 0 radical (unpaired) electrons. The standard InChI is InChI=1S/C14H13N5O5S/c15-25(23,24)12-7-5-11(6-8-12)17-14(20)18-16-9-10-3-1-2-4-13(10)19(21)22/h1-9H,(H2,15,23,24)(H2,17,18,20)/b16-9+. The molecule has 0 bridgehead atoms. The highest BCUT2D eigenvalue weighted by Crippen LogP contribution is 2.15. The number of nitrogens with zero attached hydrogens (tertiary/aromatic N) is 2. The van der Waals surface area contributed by atoms with Gasteiger partial charge >= 0.3 is 6.03 Å². The Morgan fingerprint density at radius 2 is 1.80 bits per heavy atom. The smallest absolute Gasteiger partial charge is 0.307 e. The molecule has 2 rings (SSSR count). The molecule has 130 valence electrons. The molecule has 0 atom stereocenters. The fraction of sp³-hybridized carbons (Fsp3) is 0. The molecule has 0 aliphatic heterocycles. The van der Waals surface area contributed by atoms with E-state index in [0.717, 1.165) is 6.21 Å². The number of hydrogen-bond donors (Lipinski definition) is 3. The number of nitro groups is 1. The first-order valence-electron chi connectivity index (χ1n) is 6.74. The Labute approximate surface area is 142 Å². The van der Waals surface area contributed by atoms with Gasteiger partial charge in [0.2, 0.25) is 10.0 Å². The number of para-hydroxylation sites is 1. The summed E-state index contributed by atoms with van der Waals surface area (Å²) in [5.41, 5.74) is 2.54. The number of benzene rings is 2. The molecule has 2 aromatic carbocycles. The number of rotatable bonds is 5. The molecule has 0 spiro atoms. The predicted octanol–water partition coefficient (Wildman–Crippen LogP) is 1.40. The molecule has 0 saturated carbocycles. The van der Waals surface area contributed by atoms with Crippen molar-refractivity contribution in [2.24, 2.45) is 10.2 Å². The predicted molar refractivity (Wildman–Crippen MR) is 90.7 cm³/mol. The van der Waals surface area contributed by atoms with Gasteiger partial charge in [-0.15, -0.1) is 0 Å². The number of anilines is 1. The third kappa shape index (κ3) is 5.09. The van der Waals surface area contributed by atoms with Crippen molar-refractivity contribution in [3.05, 3.63) is 64.2 Å². The number of sulfonamides is 1. The second-order valence-electron chi connectivity index (χ2n) is 4.71. The van der Waals surface area contributed by atoms with Crippen LogP contribution >= 0.6 is 0 Å². The third-order valence-electron chi connectivity index (χ3n) is 2.94. The van der Waals surface area contributed by atoms with Gasteiger partial charge in [0, 0.05) is 11.8 Å². The molecule has 4 N–H and O–H groups in total. The number of nitro benzene ring substituents is 1. The lowest BCUT2D eigenvalue weighted by molar-refractivity contribution is -0.385. The first-order valence-corrected chi connectivity index (χ1v) is 8.28. The van der Waals surface area contributed by atoms with Crippen molar-refractivity contribution in [2.45, 2.75) is 4.90 Å². The monoisotopic (exact) mass is 363 g/mol. The zero-order chi connectivity index (χ0) is 18.4. The van der Waals surface area contributed by atoms with Crippen molar-refractivity contribution in [2.75, 3.05) is 5.32 Å². The van der Waals surface area contributed by atoms with Crippen LogP contribution in [0.4, 0.5) is 16.2 Å². The van der Waals surface area contributed by atoms with Gasteiger partial charge in [-0.05, 0) is 30.3 Å². The molecule has 11 heteroatoms. The second-order valence-corrected chi connectivity index (χ2v) is 6.27. The Morgan fingerprint density at radius 1 is 1.16 bits per heavy atom. The number of urea groups is 1. The quantitative estimate of drug-likeness (QED) is 0.415. The van der Waals surface area contributed by atoms with Gasteiger partial charge in [-0.25, -0.2) is 23.8 Å². The Morgan fingerprint density at radius 3 is 2.40 bits per heavy atom. The van der Waals surface area contributed by atoms with E-state index in [-0.39, 0.29) is 16.1 Å². The summed E-state index contributed by atoms with van der Waals surface area (Å²) in [6, 6.07) is 10.4. The van der Waals surface area contributed by atoms with Crippen molar-refractivity contribution < 1.29 is 18.1 Å². The van der Waals surface area contributed by atoms with Gasteiger partial charge in [0.1, 0.15) is 0 Å². The number of primary sulfonamides is 1. The van der Waals surface area contributed by atoms with Crippen LogP contribution < -0.4 is 15.9 Å². The highest BCUT2D eigenvalue weighted by atomic mass is 32.2. The molecule has 0 fully saturated rings. The molecule has 0 aromatic heterocycles. The highest BCUT2D eigenvalue weighted by molar-refractivity contribution is 7.89. The van der Waals surface area contributed by atoms with Gasteiger partial charge in [-0.3, -0.25) is 10.1 Å². The van der Waals surface area contributed by atoms with Gasteiger partial charge in [-0.2, -0.15) is 5.10 Å². The maximum Gasteiger partial charge on any atom is 0.339 e. The minimum absolute atomic E-state index is 0.0899. The fourth-order valence-electron chi connectivity index (χ4n) is 1.81. The highest BCUT2D eigenvalue weighted by Gasteiger charge is 2.10. The second kappa shape index (κ2) is 7.51. The number of carbonyl (C=O) groups excluding carboxylic acids is 1. The maximum absolute atomic E-state index is 11.7. The number of carbonyl (C=O) groups is 1. The number of nitrogens with one attached hydrogen (secondary N) is 2. The average molecular weight is 363 g/mol. The van der Waals surface area contributed by atoms with Crippen LogP contribution in [-0.2, 0) is 10.0 Å². The Hall–Kier alpha value is -3.31. The van der Waals surface area contributed by atoms with E-state index in [4.69, 9.17) is 5.14 Å². The maximum atomic E-state index is 11.7. The number of amides is 2. The molecule has 0 saturated heterocycles. The topological polar surface area (TPSA) is 157 Å². The molecule has 0 aliphatic rings. The van der Waals surface area contributed by atoms with Gasteiger partial charge in [0.25, 0.3) is 5.69 Å². The van der Waals surface area contributed by atoms with Crippen LogP contribution in [0.3, 0.4) is 0 Å². The van der Waals surface area contributed by atoms with E-state index in [1.165, 1.54) is 42.5 Å². The lowest BCUT2D eigenvalue weighted by Gasteiger charge is -2.05. The van der Waals surface area contributed by atoms with Crippen LogP contribution in [0.2, 0.25) is 0 Å². The molecule has 2 amide bonds. The Balaban J connectivity index is 1.98. The molecular formula is C14H13N5O5S. The summed E-state index contributed by atoms with van der Waals surface area (Å²) >= 11 is 0. The zero-order valence-corrected chi connectivity index (χ0v) is 13.4. The van der Waals surface area contributed by atoms with Gasteiger partial charge in [0.05, 0.1) is 21.6 Å². The first-order chi connectivity index (χ1) is 11.8. The van der Waals surface area contributed by atoms with Crippen LogP contribution in [0.1, 0.15) is 5.56 Å². The zero-order valence-electron chi connectivity index (χ0n) is 12.6. The van der Waals surface area contributed by atoms with Crippen LogP contribution in [0, 0.1) is 10.1 Å². The number of nitrogens with two attached hydrogens (primary N) is 1. The van der Waals surface area contributed by atoms with E-state index in [0.29, 0.717) is 5.69 Å². The van der Waals surface area contributed by atoms with Crippen LogP contribution in [0.15, 0.2) is 58.5 Å². The molecule has 0 heterocycles. The van der Waals surface area contributed by atoms with E-state index < -0.39 is 21.0 Å². The van der Waals surface area contributed by atoms with Crippen molar-refractivity contribution in [1.82, 2.24) is 5.43 Å². The van der Waals surface area contributed by atoms with E-state index in [1.54, 1.807) is 6.07 Å². The summed E-state index contributed by atoms with van der Waals surface area (Å²) in [4.78, 5) is 21.9. The Kier molecular flexibility index (Phi) is 5.41. The normalized spacial score (nSPS) is 11.2. The van der Waals surface area contributed by atoms with Crippen molar-refractivity contribution in [3.8, 4) is 0 Å². The van der Waals surface area contributed by atoms with Crippen molar-refractivity contribution in [1.29, 1.82) is 0 Å². The van der Waals surface area contributed by atoms with Crippen molar-refractivity contribution in [3.63, 3.8) is 0 Å². The van der Waals surface area contributed by atoms with Crippen LogP contribution in [-0.4, -0.2) is 25.6 Å². The lowest BCUT2D eigenvalue weighted by atomic mass is 10.2. The van der Waals surface area contributed by atoms with Gasteiger partial charge < -0.3 is 5.32 Å². The van der Waals surface area contributed by atoms with E-state index >= 15 is 0 Å². The van der Waals surface area contributed by atoms with Crippen LogP contribution in [0.5, 0.6) is 0 Å². The van der Waals surface area contributed by atoms with Gasteiger partial charge in [0.15, 0.2) is 0 Å². The summed E-state index contributed by atoms with van der Waals surface area (Å²) in [6.45, 7) is 0. The summed E-state index contributed by atoms with van der Waals surface area (Å²) < 4.78 is 22.3. The molecular weight excluding hydrogens is 350 g/mol. The van der Waals surface area contributed by atoms with Crippen LogP contribution in [0.25, 0.3) is 0 Å². The summed E-state index contributed by atoms with van der Waals surface area (Å²) in [6.07, 6.45) is 1.14. The third-order valence-corrected chi connectivity index (χ3v) is 3.87. The fourth-order valence-corrected chi connectivity index (χ4v) is 2.33. The largest absolute Gasteiger partial charge is 0.339 e. The molecule has 25 heavy (non-hydrogen) atoms. The number of hydrazone groups is 1. The lowest BCUT2D eigenvalue weighted by Crippen LogP contribution is -2.24. The van der Waals surface area contributed by atoms with E-state index in [1.807, 2.05) is 0 Å². The van der Waals surface area contributed by atoms with E-state index in [9.17, 15) is 23.3 Å². The summed E-state index contributed by atoms with van der Waals surface area (Å²) in [5, 5.41) is 21.9. The first kappa shape index (κ1) is 18.0. The molecule has 0 unspecified atom stereocenters. The van der Waals surface area contributed by atoms with Gasteiger partial charge in [-0.1, -0.05) is 12.1 Å². The minimum atomic E-state index is -3.81. The molecule has 2 aromatic rings. The van der Waals surface area contributed by atoms with Crippen molar-refractivity contribution >= 4 is 33.6 Å². The minimum Gasteiger partial charge on any atom is -0.307 e. The summed E-state index contributed by atoms with van der Waals surface area (Å²) in [5.74, 6) is 0. The SMILES string of the molecule is NS(=O)(=O)c1ccc(NC(=O)N/N=C/c2ccccc2[N+](=O)[O-])cc1. The Bertz CT molecular complexity index is 925. The summed E-state index contributed by atoms with van der Waals surface area (Å²) in [7, 11) is -3.81. The average Bonchev–Trinajstić information content (AvgIpc) is 2.55. The van der Waals surface area contributed by atoms with E-state index in [2.05, 4.69) is 15.8 Å².